The van der Waals surface area contributed by atoms with E-state index >= 15 is 0 Å². The van der Waals surface area contributed by atoms with Crippen molar-refractivity contribution in [1.29, 1.82) is 0 Å². The minimum absolute atomic E-state index is 1.34. The zero-order valence-corrected chi connectivity index (χ0v) is 7.40. The Balaban J connectivity index is 3.07. The monoisotopic (exact) mass is 154 g/mol. The van der Waals surface area contributed by atoms with Crippen molar-refractivity contribution in [3.05, 3.63) is 24.0 Å². The van der Waals surface area contributed by atoms with Gasteiger partial charge in [-0.25, -0.2) is 4.57 Å². The van der Waals surface area contributed by atoms with Crippen molar-refractivity contribution in [2.45, 2.75) is 11.8 Å². The summed E-state index contributed by atoms with van der Waals surface area (Å²) >= 11 is 1.79. The summed E-state index contributed by atoms with van der Waals surface area (Å²) in [5.41, 5.74) is 1.34. The molecule has 0 atom stereocenters. The fourth-order valence-corrected chi connectivity index (χ4v) is 1.53. The Labute approximate surface area is 66.1 Å². The number of nitrogens with zero attached hydrogens (tertiary/aromatic N) is 1. The Morgan fingerprint density at radius 3 is 2.70 bits per heavy atom. The lowest BCUT2D eigenvalue weighted by Gasteiger charge is -1.97. The van der Waals surface area contributed by atoms with E-state index in [2.05, 4.69) is 36.2 Å². The van der Waals surface area contributed by atoms with Gasteiger partial charge in [-0.1, -0.05) is 0 Å². The Morgan fingerprint density at radius 1 is 1.50 bits per heavy atom. The molecule has 54 valence electrons. The first-order valence-corrected chi connectivity index (χ1v) is 4.46. The highest BCUT2D eigenvalue weighted by molar-refractivity contribution is 7.98. The van der Waals surface area contributed by atoms with Gasteiger partial charge in [0.05, 0.1) is 0 Å². The molecule has 0 bridgehead atoms. The zero-order valence-electron chi connectivity index (χ0n) is 6.59. The van der Waals surface area contributed by atoms with Gasteiger partial charge in [0.15, 0.2) is 12.4 Å². The van der Waals surface area contributed by atoms with Gasteiger partial charge in [-0.05, 0) is 13.2 Å². The van der Waals surface area contributed by atoms with Gasteiger partial charge >= 0.3 is 0 Å². The molecule has 0 fully saturated rings. The summed E-state index contributed by atoms with van der Waals surface area (Å²) in [5, 5.41) is 0. The number of rotatable bonds is 1. The van der Waals surface area contributed by atoms with Crippen LogP contribution in [0, 0.1) is 6.92 Å². The van der Waals surface area contributed by atoms with Crippen LogP contribution in [0.2, 0.25) is 0 Å². The normalized spacial score (nSPS) is 9.90. The fourth-order valence-electron chi connectivity index (χ4n) is 0.958. The van der Waals surface area contributed by atoms with Crippen LogP contribution in [-0.4, -0.2) is 6.26 Å². The van der Waals surface area contributed by atoms with Gasteiger partial charge in [-0.15, -0.1) is 11.8 Å². The minimum atomic E-state index is 1.34. The summed E-state index contributed by atoms with van der Waals surface area (Å²) in [4.78, 5) is 1.36. The van der Waals surface area contributed by atoms with E-state index in [9.17, 15) is 0 Å². The second-order valence-corrected chi connectivity index (χ2v) is 3.21. The second kappa shape index (κ2) is 3.06. The quantitative estimate of drug-likeness (QED) is 0.438. The molecule has 10 heavy (non-hydrogen) atoms. The van der Waals surface area contributed by atoms with E-state index in [4.69, 9.17) is 0 Å². The molecule has 1 heterocycles. The van der Waals surface area contributed by atoms with Crippen LogP contribution in [0.25, 0.3) is 0 Å². The standard InChI is InChI=1S/C8H12NS/c1-7-6-9(2)5-4-8(7)10-3/h4-6H,1-3H3/q+1. The number of hydrogen-bond acceptors (Lipinski definition) is 1. The van der Waals surface area contributed by atoms with Gasteiger partial charge in [0.25, 0.3) is 0 Å². The maximum absolute atomic E-state index is 2.14. The number of aromatic nitrogens is 1. The van der Waals surface area contributed by atoms with E-state index in [0.717, 1.165) is 0 Å². The molecule has 0 saturated heterocycles. The second-order valence-electron chi connectivity index (χ2n) is 2.36. The van der Waals surface area contributed by atoms with Crippen molar-refractivity contribution < 1.29 is 4.57 Å². The summed E-state index contributed by atoms with van der Waals surface area (Å²) in [7, 11) is 2.04. The first-order valence-electron chi connectivity index (χ1n) is 3.24. The third-order valence-electron chi connectivity index (χ3n) is 1.47. The van der Waals surface area contributed by atoms with Gasteiger partial charge in [0.1, 0.15) is 7.05 Å². The van der Waals surface area contributed by atoms with E-state index in [1.54, 1.807) is 11.8 Å². The number of aryl methyl sites for hydroxylation is 2. The molecular formula is C8H12NS+. The largest absolute Gasteiger partial charge is 0.207 e. The van der Waals surface area contributed by atoms with E-state index in [1.165, 1.54) is 10.5 Å². The molecule has 1 aromatic rings. The number of hydrogen-bond donors (Lipinski definition) is 0. The summed E-state index contributed by atoms with van der Waals surface area (Å²) in [6, 6.07) is 2.14. The highest BCUT2D eigenvalue weighted by atomic mass is 32.2. The van der Waals surface area contributed by atoms with Gasteiger partial charge in [-0.2, -0.15) is 0 Å². The van der Waals surface area contributed by atoms with Crippen LogP contribution in [0.5, 0.6) is 0 Å². The molecule has 0 aromatic carbocycles. The molecule has 0 aliphatic carbocycles. The van der Waals surface area contributed by atoms with Gasteiger partial charge in [0.2, 0.25) is 0 Å². The van der Waals surface area contributed by atoms with Crippen molar-refractivity contribution >= 4 is 11.8 Å². The van der Waals surface area contributed by atoms with Gasteiger partial charge in [0, 0.05) is 16.5 Å². The van der Waals surface area contributed by atoms with Crippen LogP contribution >= 0.6 is 11.8 Å². The van der Waals surface area contributed by atoms with E-state index in [1.807, 2.05) is 7.05 Å². The summed E-state index contributed by atoms with van der Waals surface area (Å²) < 4.78 is 2.06. The maximum Gasteiger partial charge on any atom is 0.172 e. The topological polar surface area (TPSA) is 3.88 Å². The van der Waals surface area contributed by atoms with Gasteiger partial charge < -0.3 is 0 Å². The summed E-state index contributed by atoms with van der Waals surface area (Å²) in [6.45, 7) is 2.13. The lowest BCUT2D eigenvalue weighted by atomic mass is 10.3. The van der Waals surface area contributed by atoms with Crippen LogP contribution in [0.4, 0.5) is 0 Å². The highest BCUT2D eigenvalue weighted by Gasteiger charge is 1.99. The summed E-state index contributed by atoms with van der Waals surface area (Å²) in [6.07, 6.45) is 6.30. The van der Waals surface area contributed by atoms with E-state index in [0.29, 0.717) is 0 Å². The molecule has 0 N–H and O–H groups in total. The van der Waals surface area contributed by atoms with Crippen LogP contribution in [0.15, 0.2) is 23.4 Å². The third kappa shape index (κ3) is 1.51. The minimum Gasteiger partial charge on any atom is -0.207 e. The molecule has 0 saturated carbocycles. The Hall–Kier alpha value is -0.500. The molecule has 1 rings (SSSR count). The molecule has 2 heteroatoms. The first kappa shape index (κ1) is 7.61. The van der Waals surface area contributed by atoms with E-state index in [-0.39, 0.29) is 0 Å². The van der Waals surface area contributed by atoms with Crippen LogP contribution in [0.1, 0.15) is 5.56 Å². The maximum atomic E-state index is 2.14. The highest BCUT2D eigenvalue weighted by Crippen LogP contribution is 2.16. The SMILES string of the molecule is CSc1cc[n+](C)cc1C. The molecule has 0 aliphatic rings. The predicted octanol–water partition coefficient (Wildman–Crippen LogP) is 1.54. The lowest BCUT2D eigenvalue weighted by Crippen LogP contribution is -2.26. The zero-order chi connectivity index (χ0) is 7.56. The number of thioether (sulfide) groups is 1. The van der Waals surface area contributed by atoms with Crippen molar-refractivity contribution in [2.75, 3.05) is 6.26 Å². The third-order valence-corrected chi connectivity index (χ3v) is 2.36. The van der Waals surface area contributed by atoms with Gasteiger partial charge in [-0.3, -0.25) is 0 Å². The Bertz CT molecular complexity index is 233. The smallest absolute Gasteiger partial charge is 0.172 e. The predicted molar refractivity (Wildman–Crippen MR) is 44.1 cm³/mol. The fraction of sp³-hybridized carbons (Fsp3) is 0.375. The van der Waals surface area contributed by atoms with Crippen molar-refractivity contribution in [3.63, 3.8) is 0 Å². The molecular weight excluding hydrogens is 142 g/mol. The Morgan fingerprint density at radius 2 is 2.20 bits per heavy atom. The molecule has 0 aliphatic heterocycles. The van der Waals surface area contributed by atoms with Crippen molar-refractivity contribution in [3.8, 4) is 0 Å². The van der Waals surface area contributed by atoms with Crippen molar-refractivity contribution in [1.82, 2.24) is 0 Å². The van der Waals surface area contributed by atoms with Crippen molar-refractivity contribution in [2.24, 2.45) is 7.05 Å². The van der Waals surface area contributed by atoms with Crippen LogP contribution in [-0.2, 0) is 7.05 Å². The molecule has 0 spiro atoms. The average molecular weight is 154 g/mol. The average Bonchev–Trinajstić information content (AvgIpc) is 1.88. The molecule has 0 radical (unpaired) electrons. The molecule has 0 amide bonds. The molecule has 1 aromatic heterocycles. The van der Waals surface area contributed by atoms with E-state index < -0.39 is 0 Å². The number of pyridine rings is 1. The lowest BCUT2D eigenvalue weighted by molar-refractivity contribution is -0.672. The molecule has 1 nitrogen and oxygen atoms in total. The first-order chi connectivity index (χ1) is 4.74. The summed E-state index contributed by atoms with van der Waals surface area (Å²) in [5.74, 6) is 0. The molecule has 0 unspecified atom stereocenters. The van der Waals surface area contributed by atoms with Crippen LogP contribution < -0.4 is 4.57 Å². The Kier molecular flexibility index (Phi) is 2.33. The van der Waals surface area contributed by atoms with Crippen LogP contribution in [0.3, 0.4) is 0 Å².